The van der Waals surface area contributed by atoms with E-state index in [0.717, 1.165) is 17.5 Å². The van der Waals surface area contributed by atoms with Crippen LogP contribution in [0.5, 0.6) is 11.5 Å². The van der Waals surface area contributed by atoms with E-state index in [2.05, 4.69) is 10.6 Å². The number of aliphatic carboxylic acids is 1. The first kappa shape index (κ1) is 27.7. The van der Waals surface area contributed by atoms with Crippen molar-refractivity contribution in [3.8, 4) is 11.5 Å². The number of phenols is 1. The van der Waals surface area contributed by atoms with Crippen LogP contribution in [-0.4, -0.2) is 60.9 Å². The second-order valence-electron chi connectivity index (χ2n) is 8.20. The van der Waals surface area contributed by atoms with Crippen molar-refractivity contribution in [2.75, 3.05) is 20.8 Å². The van der Waals surface area contributed by atoms with Gasteiger partial charge in [0.15, 0.2) is 11.5 Å². The largest absolute Gasteiger partial charge is 0.504 e. The molecule has 3 atom stereocenters. The first-order valence-electron chi connectivity index (χ1n) is 11.5. The summed E-state index contributed by atoms with van der Waals surface area (Å²) >= 11 is 0. The Morgan fingerprint density at radius 1 is 1.03 bits per heavy atom. The van der Waals surface area contributed by atoms with Gasteiger partial charge in [0.2, 0.25) is 5.91 Å². The summed E-state index contributed by atoms with van der Waals surface area (Å²) in [4.78, 5) is 36.6. The number of hydrogen-bond donors (Lipinski definition) is 4. The number of carboxylic acids is 1. The molecule has 1 unspecified atom stereocenters. The Bertz CT molecular complexity index is 981. The minimum atomic E-state index is -1.14. The van der Waals surface area contributed by atoms with E-state index in [-0.39, 0.29) is 18.1 Å². The number of amides is 1. The number of carbonyl (C=O) groups is 3. The maximum Gasteiger partial charge on any atom is 0.328 e. The van der Waals surface area contributed by atoms with Gasteiger partial charge in [-0.3, -0.25) is 9.59 Å². The second kappa shape index (κ2) is 14.0. The average molecular weight is 487 g/mol. The fourth-order valence-corrected chi connectivity index (χ4v) is 3.89. The van der Waals surface area contributed by atoms with Crippen molar-refractivity contribution in [2.24, 2.45) is 0 Å². The van der Waals surface area contributed by atoms with Crippen LogP contribution in [0, 0.1) is 0 Å². The van der Waals surface area contributed by atoms with Crippen LogP contribution >= 0.6 is 0 Å². The second-order valence-corrected chi connectivity index (χ2v) is 8.20. The first-order chi connectivity index (χ1) is 16.8. The molecule has 2 rings (SSSR count). The number of nitrogens with one attached hydrogen (secondary N) is 2. The summed E-state index contributed by atoms with van der Waals surface area (Å²) in [7, 11) is 2.72. The van der Waals surface area contributed by atoms with Crippen LogP contribution in [0.1, 0.15) is 43.2 Å². The van der Waals surface area contributed by atoms with Crippen molar-refractivity contribution in [3.05, 3.63) is 59.7 Å². The van der Waals surface area contributed by atoms with Crippen molar-refractivity contribution < 1.29 is 34.1 Å². The van der Waals surface area contributed by atoms with Crippen LogP contribution in [-0.2, 0) is 25.5 Å². The zero-order valence-electron chi connectivity index (χ0n) is 20.3. The molecule has 0 aliphatic heterocycles. The standard InChI is InChI=1S/C26H34N2O7/c1-4-18(19-10-11-23(34-2)22(29)15-19)12-13-27-20(16-24(30)31)25(32)28-21(26(33)35-3)14-17-8-6-5-7-9-17/h5-11,15,18,20-21,27,29H,4,12-14,16H2,1-3H3,(H,28,32)(H,30,31)/t18?,20-,21-/m0/s1. The summed E-state index contributed by atoms with van der Waals surface area (Å²) in [5.74, 6) is -1.82. The molecule has 0 fully saturated rings. The molecule has 35 heavy (non-hydrogen) atoms. The Balaban J connectivity index is 2.04. The lowest BCUT2D eigenvalue weighted by molar-refractivity contribution is -0.145. The van der Waals surface area contributed by atoms with Crippen molar-refractivity contribution in [2.45, 2.75) is 50.6 Å². The van der Waals surface area contributed by atoms with Crippen molar-refractivity contribution in [1.29, 1.82) is 0 Å². The minimum absolute atomic E-state index is 0.0480. The molecule has 0 bridgehead atoms. The number of rotatable bonds is 14. The van der Waals surface area contributed by atoms with E-state index in [1.54, 1.807) is 12.1 Å². The normalized spacial score (nSPS) is 13.3. The highest BCUT2D eigenvalue weighted by atomic mass is 16.5. The zero-order chi connectivity index (χ0) is 25.8. The van der Waals surface area contributed by atoms with Crippen LogP contribution in [0.3, 0.4) is 0 Å². The van der Waals surface area contributed by atoms with Gasteiger partial charge in [-0.05, 0) is 48.6 Å². The fraction of sp³-hybridized carbons (Fsp3) is 0.423. The maximum atomic E-state index is 12.9. The number of ether oxygens (including phenoxy) is 2. The lowest BCUT2D eigenvalue weighted by Crippen LogP contribution is -2.52. The summed E-state index contributed by atoms with van der Waals surface area (Å²) in [5, 5.41) is 25.1. The van der Waals surface area contributed by atoms with E-state index < -0.39 is 36.4 Å². The van der Waals surface area contributed by atoms with Crippen molar-refractivity contribution in [3.63, 3.8) is 0 Å². The molecular formula is C26H34N2O7. The summed E-state index contributed by atoms with van der Waals surface area (Å²) in [6.07, 6.45) is 1.17. The quantitative estimate of drug-likeness (QED) is 0.300. The molecule has 0 aliphatic carbocycles. The van der Waals surface area contributed by atoms with Gasteiger partial charge in [-0.1, -0.05) is 43.3 Å². The van der Waals surface area contributed by atoms with Gasteiger partial charge in [0.25, 0.3) is 0 Å². The fourth-order valence-electron chi connectivity index (χ4n) is 3.89. The van der Waals surface area contributed by atoms with E-state index in [0.29, 0.717) is 18.7 Å². The Morgan fingerprint density at radius 3 is 2.31 bits per heavy atom. The Hall–Kier alpha value is -3.59. The molecule has 190 valence electrons. The van der Waals surface area contributed by atoms with Crippen molar-refractivity contribution >= 4 is 17.8 Å². The van der Waals surface area contributed by atoms with Crippen LogP contribution < -0.4 is 15.4 Å². The summed E-state index contributed by atoms with van der Waals surface area (Å²) < 4.78 is 9.92. The molecule has 0 heterocycles. The smallest absolute Gasteiger partial charge is 0.328 e. The molecule has 2 aromatic rings. The lowest BCUT2D eigenvalue weighted by Gasteiger charge is -2.23. The average Bonchev–Trinajstić information content (AvgIpc) is 2.85. The molecule has 9 heteroatoms. The Labute approximate surface area is 205 Å². The summed E-state index contributed by atoms with van der Waals surface area (Å²) in [5.41, 5.74) is 1.75. The first-order valence-corrected chi connectivity index (χ1v) is 11.5. The molecule has 0 radical (unpaired) electrons. The van der Waals surface area contributed by atoms with Gasteiger partial charge in [-0.25, -0.2) is 4.79 Å². The van der Waals surface area contributed by atoms with Gasteiger partial charge < -0.3 is 30.3 Å². The number of phenolic OH excluding ortho intramolecular Hbond substituents is 1. The molecule has 4 N–H and O–H groups in total. The van der Waals surface area contributed by atoms with Gasteiger partial charge in [0.05, 0.1) is 26.7 Å². The zero-order valence-corrected chi connectivity index (χ0v) is 20.3. The van der Waals surface area contributed by atoms with E-state index >= 15 is 0 Å². The third-order valence-electron chi connectivity index (χ3n) is 5.83. The van der Waals surface area contributed by atoms with E-state index in [1.165, 1.54) is 14.2 Å². The molecule has 0 saturated carbocycles. The molecule has 0 spiro atoms. The van der Waals surface area contributed by atoms with Gasteiger partial charge in [-0.2, -0.15) is 0 Å². The van der Waals surface area contributed by atoms with Gasteiger partial charge >= 0.3 is 11.9 Å². The van der Waals surface area contributed by atoms with E-state index in [1.807, 2.05) is 43.3 Å². The molecule has 2 aromatic carbocycles. The highest BCUT2D eigenvalue weighted by molar-refractivity contribution is 5.90. The number of carboxylic acid groups (broad SMARTS) is 1. The molecular weight excluding hydrogens is 452 g/mol. The predicted octanol–water partition coefficient (Wildman–Crippen LogP) is 2.62. The highest BCUT2D eigenvalue weighted by Crippen LogP contribution is 2.32. The third-order valence-corrected chi connectivity index (χ3v) is 5.83. The van der Waals surface area contributed by atoms with Gasteiger partial charge in [0, 0.05) is 6.42 Å². The SMILES string of the molecule is CCC(CCN[C@@H](CC(=O)O)C(=O)N[C@@H](Cc1ccccc1)C(=O)OC)c1ccc(OC)c(O)c1. The number of carbonyl (C=O) groups excluding carboxylic acids is 2. The van der Waals surface area contributed by atoms with E-state index in [9.17, 15) is 24.6 Å². The summed E-state index contributed by atoms with van der Waals surface area (Å²) in [6.45, 7) is 2.37. The van der Waals surface area contributed by atoms with Crippen molar-refractivity contribution in [1.82, 2.24) is 10.6 Å². The number of benzene rings is 2. The topological polar surface area (TPSA) is 134 Å². The Kier molecular flexibility index (Phi) is 11.0. The maximum absolute atomic E-state index is 12.9. The molecule has 9 nitrogen and oxygen atoms in total. The number of methoxy groups -OCH3 is 2. The molecule has 0 saturated heterocycles. The number of esters is 1. The van der Waals surface area contributed by atoms with Gasteiger partial charge in [-0.15, -0.1) is 0 Å². The summed E-state index contributed by atoms with van der Waals surface area (Å²) in [6, 6.07) is 12.4. The Morgan fingerprint density at radius 2 is 1.74 bits per heavy atom. The van der Waals surface area contributed by atoms with E-state index in [4.69, 9.17) is 9.47 Å². The third kappa shape index (κ3) is 8.60. The minimum Gasteiger partial charge on any atom is -0.504 e. The van der Waals surface area contributed by atoms with Gasteiger partial charge in [0.1, 0.15) is 6.04 Å². The van der Waals surface area contributed by atoms with Crippen LogP contribution in [0.2, 0.25) is 0 Å². The van der Waals surface area contributed by atoms with Crippen LogP contribution in [0.15, 0.2) is 48.5 Å². The van der Waals surface area contributed by atoms with Crippen LogP contribution in [0.25, 0.3) is 0 Å². The lowest BCUT2D eigenvalue weighted by atomic mass is 9.92. The highest BCUT2D eigenvalue weighted by Gasteiger charge is 2.28. The monoisotopic (exact) mass is 486 g/mol. The van der Waals surface area contributed by atoms with Crippen LogP contribution in [0.4, 0.5) is 0 Å². The number of aromatic hydroxyl groups is 1. The molecule has 1 amide bonds. The predicted molar refractivity (Wildman–Crippen MR) is 130 cm³/mol. The molecule has 0 aliphatic rings. The molecule has 0 aromatic heterocycles. The number of hydrogen-bond acceptors (Lipinski definition) is 7.